The Morgan fingerprint density at radius 3 is 2.83 bits per heavy atom. The molecule has 1 aromatic carbocycles. The van der Waals surface area contributed by atoms with Gasteiger partial charge >= 0.3 is 0 Å². The van der Waals surface area contributed by atoms with E-state index >= 15 is 0 Å². The van der Waals surface area contributed by atoms with Gasteiger partial charge < -0.3 is 5.32 Å². The highest BCUT2D eigenvalue weighted by atomic mass is 19.1. The Bertz CT molecular complexity index is 561. The zero-order valence-electron chi connectivity index (χ0n) is 10.1. The van der Waals surface area contributed by atoms with E-state index in [2.05, 4.69) is 20.7 Å². The van der Waals surface area contributed by atoms with E-state index < -0.39 is 0 Å². The van der Waals surface area contributed by atoms with Crippen LogP contribution in [0.25, 0.3) is 0 Å². The van der Waals surface area contributed by atoms with E-state index in [1.807, 2.05) is 6.07 Å². The van der Waals surface area contributed by atoms with Crippen molar-refractivity contribution >= 4 is 0 Å². The molecule has 1 aliphatic heterocycles. The third-order valence-electron chi connectivity index (χ3n) is 3.41. The summed E-state index contributed by atoms with van der Waals surface area (Å²) in [6.45, 7) is 1.63. The summed E-state index contributed by atoms with van der Waals surface area (Å²) in [5.41, 5.74) is 0.888. The first-order valence-electron chi connectivity index (χ1n) is 5.88. The molecule has 0 atom stereocenters. The number of halogens is 1. The van der Waals surface area contributed by atoms with Crippen LogP contribution in [0.3, 0.4) is 0 Å². The molecule has 1 aromatic heterocycles. The molecule has 0 bridgehead atoms. The van der Waals surface area contributed by atoms with Crippen molar-refractivity contribution in [2.24, 2.45) is 7.05 Å². The molecule has 0 unspecified atom stereocenters. The summed E-state index contributed by atoms with van der Waals surface area (Å²) in [7, 11) is 1.74. The normalized spacial score (nSPS) is 17.4. The lowest BCUT2D eigenvalue weighted by molar-refractivity contribution is 0.269. The number of rotatable bonds is 3. The Kier molecular flexibility index (Phi) is 2.59. The smallest absolute Gasteiger partial charge is 0.175 e. The first-order valence-corrected chi connectivity index (χ1v) is 5.88. The first kappa shape index (κ1) is 11.3. The quantitative estimate of drug-likeness (QED) is 0.854. The second kappa shape index (κ2) is 4.13. The lowest BCUT2D eigenvalue weighted by atomic mass is 9.72. The Labute approximate surface area is 104 Å². The van der Waals surface area contributed by atoms with Crippen molar-refractivity contribution < 1.29 is 4.39 Å². The predicted octanol–water partition coefficient (Wildman–Crippen LogP) is 0.433. The first-order chi connectivity index (χ1) is 8.68. The summed E-state index contributed by atoms with van der Waals surface area (Å²) in [5.74, 6) is 0.495. The van der Waals surface area contributed by atoms with Crippen LogP contribution in [0.1, 0.15) is 11.4 Å². The number of tetrazole rings is 1. The van der Waals surface area contributed by atoms with E-state index in [1.54, 1.807) is 19.2 Å². The van der Waals surface area contributed by atoms with E-state index in [4.69, 9.17) is 0 Å². The summed E-state index contributed by atoms with van der Waals surface area (Å²) < 4.78 is 13.3. The summed E-state index contributed by atoms with van der Waals surface area (Å²) in [6.07, 6.45) is 0.678. The second-order valence-corrected chi connectivity index (χ2v) is 4.77. The fraction of sp³-hybridized carbons (Fsp3) is 0.417. The van der Waals surface area contributed by atoms with Crippen molar-refractivity contribution in [2.75, 3.05) is 13.1 Å². The van der Waals surface area contributed by atoms with E-state index in [-0.39, 0.29) is 11.2 Å². The number of aromatic nitrogens is 4. The van der Waals surface area contributed by atoms with Gasteiger partial charge in [-0.25, -0.2) is 4.39 Å². The number of nitrogens with one attached hydrogen (secondary N) is 1. The minimum absolute atomic E-state index is 0.106. The van der Waals surface area contributed by atoms with Gasteiger partial charge in [0.25, 0.3) is 0 Å². The van der Waals surface area contributed by atoms with Gasteiger partial charge in [0.05, 0.1) is 7.05 Å². The molecule has 2 heterocycles. The average Bonchev–Trinajstić information content (AvgIpc) is 2.69. The standard InChI is InChI=1S/C12H14FN5/c1-18-16-11(15-17-18)6-12(7-14-8-12)9-3-2-4-10(13)5-9/h2-5,14H,6-8H2,1H3. The lowest BCUT2D eigenvalue weighted by Gasteiger charge is -2.42. The Balaban J connectivity index is 1.90. The summed E-state index contributed by atoms with van der Waals surface area (Å²) in [6, 6.07) is 6.76. The molecule has 0 aliphatic carbocycles. The number of benzene rings is 1. The molecule has 1 fully saturated rings. The maximum Gasteiger partial charge on any atom is 0.175 e. The van der Waals surface area contributed by atoms with Crippen LogP contribution in [-0.2, 0) is 18.9 Å². The van der Waals surface area contributed by atoms with Crippen LogP contribution in [0, 0.1) is 5.82 Å². The minimum atomic E-state index is -0.203. The molecule has 1 saturated heterocycles. The molecule has 0 radical (unpaired) electrons. The van der Waals surface area contributed by atoms with Crippen molar-refractivity contribution in [2.45, 2.75) is 11.8 Å². The lowest BCUT2D eigenvalue weighted by Crippen LogP contribution is -2.58. The fourth-order valence-electron chi connectivity index (χ4n) is 2.37. The van der Waals surface area contributed by atoms with Gasteiger partial charge in [-0.1, -0.05) is 12.1 Å². The van der Waals surface area contributed by atoms with Crippen LogP contribution in [-0.4, -0.2) is 33.3 Å². The number of hydrogen-bond acceptors (Lipinski definition) is 4. The van der Waals surface area contributed by atoms with Gasteiger partial charge in [0.2, 0.25) is 0 Å². The molecule has 3 rings (SSSR count). The van der Waals surface area contributed by atoms with Gasteiger partial charge in [0.1, 0.15) is 5.82 Å². The zero-order valence-corrected chi connectivity index (χ0v) is 10.1. The van der Waals surface area contributed by atoms with Gasteiger partial charge in [-0.15, -0.1) is 10.2 Å². The summed E-state index contributed by atoms with van der Waals surface area (Å²) in [4.78, 5) is 1.45. The van der Waals surface area contributed by atoms with Gasteiger partial charge in [-0.2, -0.15) is 4.80 Å². The molecule has 5 nitrogen and oxygen atoms in total. The molecular formula is C12H14FN5. The Morgan fingerprint density at radius 1 is 1.44 bits per heavy atom. The molecular weight excluding hydrogens is 233 g/mol. The van der Waals surface area contributed by atoms with Crippen molar-refractivity contribution in [3.63, 3.8) is 0 Å². The number of nitrogens with zero attached hydrogens (tertiary/aromatic N) is 4. The second-order valence-electron chi connectivity index (χ2n) is 4.77. The maximum absolute atomic E-state index is 13.3. The van der Waals surface area contributed by atoms with Crippen LogP contribution in [0.5, 0.6) is 0 Å². The number of aryl methyl sites for hydroxylation is 1. The van der Waals surface area contributed by atoms with Crippen LogP contribution in [0.15, 0.2) is 24.3 Å². The molecule has 2 aromatic rings. The molecule has 6 heteroatoms. The van der Waals surface area contributed by atoms with E-state index in [1.165, 1.54) is 10.9 Å². The maximum atomic E-state index is 13.3. The molecule has 0 spiro atoms. The van der Waals surface area contributed by atoms with E-state index in [0.717, 1.165) is 18.7 Å². The SMILES string of the molecule is Cn1nnc(CC2(c3cccc(F)c3)CNC2)n1. The zero-order chi connectivity index (χ0) is 12.6. The van der Waals surface area contributed by atoms with Crippen LogP contribution >= 0.6 is 0 Å². The molecule has 0 saturated carbocycles. The monoisotopic (exact) mass is 247 g/mol. The van der Waals surface area contributed by atoms with Gasteiger partial charge in [0, 0.05) is 24.9 Å². The van der Waals surface area contributed by atoms with Gasteiger partial charge in [-0.3, -0.25) is 0 Å². The van der Waals surface area contributed by atoms with Gasteiger partial charge in [0.15, 0.2) is 5.82 Å². The summed E-state index contributed by atoms with van der Waals surface area (Å²) in [5, 5.41) is 15.3. The highest BCUT2D eigenvalue weighted by Crippen LogP contribution is 2.31. The van der Waals surface area contributed by atoms with Crippen molar-refractivity contribution in [3.05, 3.63) is 41.5 Å². The predicted molar refractivity (Wildman–Crippen MR) is 63.4 cm³/mol. The van der Waals surface area contributed by atoms with E-state index in [9.17, 15) is 4.39 Å². The van der Waals surface area contributed by atoms with Crippen molar-refractivity contribution in [1.82, 2.24) is 25.5 Å². The number of hydrogen-bond donors (Lipinski definition) is 1. The third kappa shape index (κ3) is 1.88. The molecule has 1 N–H and O–H groups in total. The molecule has 0 amide bonds. The van der Waals surface area contributed by atoms with Crippen molar-refractivity contribution in [1.29, 1.82) is 0 Å². The third-order valence-corrected chi connectivity index (χ3v) is 3.41. The summed E-state index contributed by atoms with van der Waals surface area (Å²) >= 11 is 0. The van der Waals surface area contributed by atoms with Crippen molar-refractivity contribution in [3.8, 4) is 0 Å². The van der Waals surface area contributed by atoms with Crippen LogP contribution in [0.2, 0.25) is 0 Å². The van der Waals surface area contributed by atoms with Crippen LogP contribution in [0.4, 0.5) is 4.39 Å². The molecule has 1 aliphatic rings. The largest absolute Gasteiger partial charge is 0.315 e. The highest BCUT2D eigenvalue weighted by molar-refractivity contribution is 5.31. The molecule has 94 valence electrons. The average molecular weight is 247 g/mol. The van der Waals surface area contributed by atoms with E-state index in [0.29, 0.717) is 12.2 Å². The highest BCUT2D eigenvalue weighted by Gasteiger charge is 2.40. The topological polar surface area (TPSA) is 55.6 Å². The minimum Gasteiger partial charge on any atom is -0.315 e. The van der Waals surface area contributed by atoms with Gasteiger partial charge in [-0.05, 0) is 22.9 Å². The fourth-order valence-corrected chi connectivity index (χ4v) is 2.37. The molecule has 18 heavy (non-hydrogen) atoms. The Hall–Kier alpha value is -1.82. The van der Waals surface area contributed by atoms with Crippen LogP contribution < -0.4 is 5.32 Å². The Morgan fingerprint density at radius 2 is 2.28 bits per heavy atom.